The average Bonchev–Trinajstić information content (AvgIpc) is 3.11. The van der Waals surface area contributed by atoms with Gasteiger partial charge in [0.1, 0.15) is 0 Å². The maximum Gasteiger partial charge on any atom is 0.0849 e. The van der Waals surface area contributed by atoms with E-state index in [0.29, 0.717) is 6.04 Å². The minimum absolute atomic E-state index is 0.505. The second-order valence-corrected chi connectivity index (χ2v) is 5.44. The highest BCUT2D eigenvalue weighted by atomic mass is 15.3. The largest absolute Gasteiger partial charge is 0.311 e. The van der Waals surface area contributed by atoms with Crippen LogP contribution in [-0.2, 0) is 13.1 Å². The summed E-state index contributed by atoms with van der Waals surface area (Å²) >= 11 is 0. The van der Waals surface area contributed by atoms with Crippen molar-refractivity contribution in [1.82, 2.24) is 24.9 Å². The van der Waals surface area contributed by atoms with Gasteiger partial charge in [0, 0.05) is 18.9 Å². The molecule has 116 valence electrons. The third-order valence-electron chi connectivity index (χ3n) is 3.73. The highest BCUT2D eigenvalue weighted by Crippen LogP contribution is 2.14. The molecule has 0 saturated carbocycles. The van der Waals surface area contributed by atoms with E-state index < -0.39 is 0 Å². The Balaban J connectivity index is 1.92. The molecule has 0 atom stereocenters. The molecular formula is C16H27N5. The molecule has 0 bridgehead atoms. The van der Waals surface area contributed by atoms with Gasteiger partial charge in [0.15, 0.2) is 0 Å². The van der Waals surface area contributed by atoms with E-state index >= 15 is 0 Å². The number of hydrogen-bond donors (Lipinski definition) is 1. The first-order valence-electron chi connectivity index (χ1n) is 8.03. The Morgan fingerprint density at radius 3 is 2.52 bits per heavy atom. The van der Waals surface area contributed by atoms with Gasteiger partial charge in [0.2, 0.25) is 0 Å². The van der Waals surface area contributed by atoms with E-state index in [-0.39, 0.29) is 0 Å². The van der Waals surface area contributed by atoms with E-state index in [4.69, 9.17) is 0 Å². The SMILES string of the molecule is CCCNCc1ccn(Cc2ccn(C(CC)CC)n2)n1. The zero-order chi connectivity index (χ0) is 15.1. The molecule has 21 heavy (non-hydrogen) atoms. The molecule has 0 aromatic carbocycles. The van der Waals surface area contributed by atoms with Crippen LogP contribution in [-0.4, -0.2) is 26.1 Å². The summed E-state index contributed by atoms with van der Waals surface area (Å²) in [7, 11) is 0. The third kappa shape index (κ3) is 4.43. The van der Waals surface area contributed by atoms with Crippen LogP contribution in [0, 0.1) is 0 Å². The Bertz CT molecular complexity index is 524. The first-order chi connectivity index (χ1) is 10.3. The molecule has 0 radical (unpaired) electrons. The summed E-state index contributed by atoms with van der Waals surface area (Å²) in [4.78, 5) is 0. The number of hydrogen-bond acceptors (Lipinski definition) is 3. The van der Waals surface area contributed by atoms with Gasteiger partial charge in [-0.15, -0.1) is 0 Å². The molecule has 0 saturated heterocycles. The van der Waals surface area contributed by atoms with Crippen LogP contribution in [0.5, 0.6) is 0 Å². The van der Waals surface area contributed by atoms with Gasteiger partial charge in [-0.1, -0.05) is 20.8 Å². The average molecular weight is 289 g/mol. The van der Waals surface area contributed by atoms with Crippen molar-refractivity contribution in [2.75, 3.05) is 6.54 Å². The van der Waals surface area contributed by atoms with Gasteiger partial charge in [-0.05, 0) is 37.9 Å². The van der Waals surface area contributed by atoms with Crippen LogP contribution in [0.1, 0.15) is 57.5 Å². The Hall–Kier alpha value is -1.62. The fourth-order valence-electron chi connectivity index (χ4n) is 2.47. The Morgan fingerprint density at radius 1 is 1.05 bits per heavy atom. The van der Waals surface area contributed by atoms with E-state index in [1.54, 1.807) is 0 Å². The van der Waals surface area contributed by atoms with E-state index in [2.05, 4.69) is 59.3 Å². The molecule has 0 aliphatic heterocycles. The summed E-state index contributed by atoms with van der Waals surface area (Å²) < 4.78 is 4.05. The van der Waals surface area contributed by atoms with Gasteiger partial charge < -0.3 is 5.32 Å². The second-order valence-electron chi connectivity index (χ2n) is 5.44. The van der Waals surface area contributed by atoms with Crippen LogP contribution < -0.4 is 5.32 Å². The summed E-state index contributed by atoms with van der Waals surface area (Å²) in [5, 5.41) is 12.6. The van der Waals surface area contributed by atoms with Crippen molar-refractivity contribution >= 4 is 0 Å². The lowest BCUT2D eigenvalue weighted by molar-refractivity contribution is 0.424. The van der Waals surface area contributed by atoms with Gasteiger partial charge in [0.05, 0.1) is 24.0 Å². The summed E-state index contributed by atoms with van der Waals surface area (Å²) in [5.41, 5.74) is 2.15. The van der Waals surface area contributed by atoms with E-state index in [9.17, 15) is 0 Å². The highest BCUT2D eigenvalue weighted by molar-refractivity contribution is 5.03. The van der Waals surface area contributed by atoms with E-state index in [0.717, 1.165) is 50.3 Å². The molecule has 2 heterocycles. The molecule has 0 aliphatic carbocycles. The van der Waals surface area contributed by atoms with Crippen LogP contribution in [0.2, 0.25) is 0 Å². The summed E-state index contributed by atoms with van der Waals surface area (Å²) in [5.74, 6) is 0. The van der Waals surface area contributed by atoms with Crippen LogP contribution in [0.25, 0.3) is 0 Å². The predicted octanol–water partition coefficient (Wildman–Crippen LogP) is 2.99. The lowest BCUT2D eigenvalue weighted by atomic mass is 10.2. The third-order valence-corrected chi connectivity index (χ3v) is 3.73. The van der Waals surface area contributed by atoms with Crippen LogP contribution in [0.15, 0.2) is 24.5 Å². The molecule has 0 unspecified atom stereocenters. The van der Waals surface area contributed by atoms with Crippen molar-refractivity contribution in [1.29, 1.82) is 0 Å². The molecule has 5 heteroatoms. The van der Waals surface area contributed by atoms with E-state index in [1.165, 1.54) is 0 Å². The van der Waals surface area contributed by atoms with Crippen molar-refractivity contribution in [3.05, 3.63) is 35.9 Å². The highest BCUT2D eigenvalue weighted by Gasteiger charge is 2.08. The molecule has 0 amide bonds. The second kappa shape index (κ2) is 7.98. The zero-order valence-electron chi connectivity index (χ0n) is 13.4. The van der Waals surface area contributed by atoms with Gasteiger partial charge in [-0.3, -0.25) is 9.36 Å². The van der Waals surface area contributed by atoms with Gasteiger partial charge >= 0.3 is 0 Å². The van der Waals surface area contributed by atoms with Gasteiger partial charge in [-0.25, -0.2) is 0 Å². The summed E-state index contributed by atoms with van der Waals surface area (Å²) in [6.07, 6.45) is 7.49. The monoisotopic (exact) mass is 289 g/mol. The molecule has 0 aliphatic rings. The van der Waals surface area contributed by atoms with Crippen molar-refractivity contribution in [2.24, 2.45) is 0 Å². The Labute approximate surface area is 127 Å². The molecular weight excluding hydrogens is 262 g/mol. The maximum atomic E-state index is 4.67. The minimum atomic E-state index is 0.505. The number of nitrogens with one attached hydrogen (secondary N) is 1. The van der Waals surface area contributed by atoms with Crippen molar-refractivity contribution in [2.45, 2.75) is 59.2 Å². The Morgan fingerprint density at radius 2 is 1.81 bits per heavy atom. The topological polar surface area (TPSA) is 47.7 Å². The predicted molar refractivity (Wildman–Crippen MR) is 85.2 cm³/mol. The van der Waals surface area contributed by atoms with Gasteiger partial charge in [-0.2, -0.15) is 10.2 Å². The number of rotatable bonds is 9. The zero-order valence-corrected chi connectivity index (χ0v) is 13.4. The maximum absolute atomic E-state index is 4.67. The number of aromatic nitrogens is 4. The molecule has 2 aromatic rings. The van der Waals surface area contributed by atoms with Crippen molar-refractivity contribution < 1.29 is 0 Å². The fraction of sp³-hybridized carbons (Fsp3) is 0.625. The Kier molecular flexibility index (Phi) is 5.99. The standard InChI is InChI=1S/C16H27N5/c1-4-9-17-12-14-7-10-20(18-14)13-15-8-11-21(19-15)16(5-2)6-3/h7-8,10-11,16-17H,4-6,9,12-13H2,1-3H3. The lowest BCUT2D eigenvalue weighted by Gasteiger charge is -2.12. The molecule has 0 spiro atoms. The van der Waals surface area contributed by atoms with Crippen LogP contribution >= 0.6 is 0 Å². The first-order valence-corrected chi connectivity index (χ1v) is 8.03. The van der Waals surface area contributed by atoms with E-state index in [1.807, 2.05) is 10.9 Å². The number of nitrogens with zero attached hydrogens (tertiary/aromatic N) is 4. The molecule has 2 rings (SSSR count). The van der Waals surface area contributed by atoms with Crippen molar-refractivity contribution in [3.63, 3.8) is 0 Å². The molecule has 5 nitrogen and oxygen atoms in total. The summed E-state index contributed by atoms with van der Waals surface area (Å²) in [6, 6.07) is 4.67. The first kappa shape index (κ1) is 15.8. The van der Waals surface area contributed by atoms with Crippen LogP contribution in [0.4, 0.5) is 0 Å². The van der Waals surface area contributed by atoms with Crippen molar-refractivity contribution in [3.8, 4) is 0 Å². The van der Waals surface area contributed by atoms with Gasteiger partial charge in [0.25, 0.3) is 0 Å². The summed E-state index contributed by atoms with van der Waals surface area (Å²) in [6.45, 7) is 9.19. The minimum Gasteiger partial charge on any atom is -0.311 e. The molecule has 0 fully saturated rings. The molecule has 1 N–H and O–H groups in total. The lowest BCUT2D eigenvalue weighted by Crippen LogP contribution is -2.14. The normalized spacial score (nSPS) is 11.4. The molecule has 2 aromatic heterocycles. The smallest absolute Gasteiger partial charge is 0.0849 e. The quantitative estimate of drug-likeness (QED) is 0.722. The fourth-order valence-corrected chi connectivity index (χ4v) is 2.47. The van der Waals surface area contributed by atoms with Crippen LogP contribution in [0.3, 0.4) is 0 Å².